The summed E-state index contributed by atoms with van der Waals surface area (Å²) in [4.78, 5) is 12.1. The van der Waals surface area contributed by atoms with Crippen LogP contribution in [0.2, 0.25) is 0 Å². The van der Waals surface area contributed by atoms with Gasteiger partial charge in [-0.05, 0) is 32.1 Å². The summed E-state index contributed by atoms with van der Waals surface area (Å²) < 4.78 is 10.4. The lowest BCUT2D eigenvalue weighted by molar-refractivity contribution is 0.0947. The van der Waals surface area contributed by atoms with Gasteiger partial charge in [-0.25, -0.2) is 0 Å². The van der Waals surface area contributed by atoms with Crippen LogP contribution in [0.3, 0.4) is 0 Å². The number of amides is 1. The zero-order valence-corrected chi connectivity index (χ0v) is 11.1. The fraction of sp³-hybridized carbons (Fsp3) is 0.462. The molecule has 0 aliphatic heterocycles. The summed E-state index contributed by atoms with van der Waals surface area (Å²) in [6.45, 7) is 1.48. The smallest absolute Gasteiger partial charge is 0.258 e. The number of methoxy groups -OCH3 is 2. The normalized spacial score (nSPS) is 9.94. The lowest BCUT2D eigenvalue weighted by atomic mass is 10.1. The summed E-state index contributed by atoms with van der Waals surface area (Å²) in [7, 11) is 4.95. The number of hydrogen-bond acceptors (Lipinski definition) is 4. The molecule has 5 nitrogen and oxygen atoms in total. The van der Waals surface area contributed by atoms with Gasteiger partial charge in [0.15, 0.2) is 0 Å². The molecule has 1 aromatic carbocycles. The molecule has 1 amide bonds. The van der Waals surface area contributed by atoms with Crippen molar-refractivity contribution in [2.45, 2.75) is 6.42 Å². The van der Waals surface area contributed by atoms with E-state index < -0.39 is 0 Å². The molecular weight excluding hydrogens is 232 g/mol. The molecule has 1 aromatic rings. The van der Waals surface area contributed by atoms with Crippen molar-refractivity contribution >= 4 is 5.91 Å². The Labute approximate surface area is 107 Å². The molecule has 0 atom stereocenters. The number of carbonyl (C=O) groups excluding carboxylic acids is 1. The van der Waals surface area contributed by atoms with Crippen molar-refractivity contribution in [3.8, 4) is 11.5 Å². The van der Waals surface area contributed by atoms with Crippen LogP contribution in [0.15, 0.2) is 18.2 Å². The van der Waals surface area contributed by atoms with Crippen LogP contribution in [0, 0.1) is 0 Å². The maximum atomic E-state index is 12.1. The Hall–Kier alpha value is -1.75. The summed E-state index contributed by atoms with van der Waals surface area (Å²) in [5, 5.41) is 5.87. The summed E-state index contributed by atoms with van der Waals surface area (Å²) in [5.74, 6) is 0.848. The van der Waals surface area contributed by atoms with Crippen molar-refractivity contribution in [2.24, 2.45) is 0 Å². The Morgan fingerprint density at radius 2 is 1.78 bits per heavy atom. The second kappa shape index (κ2) is 7.55. The van der Waals surface area contributed by atoms with Crippen LogP contribution in [0.25, 0.3) is 0 Å². The molecule has 0 saturated carbocycles. The SMILES string of the molecule is CNCCCNC(=O)c1c(OC)cccc1OC. The van der Waals surface area contributed by atoms with E-state index in [1.807, 2.05) is 7.05 Å². The minimum atomic E-state index is -0.180. The van der Waals surface area contributed by atoms with Crippen LogP contribution in [-0.4, -0.2) is 40.3 Å². The standard InChI is InChI=1S/C13H20N2O3/c1-14-8-5-9-15-13(16)12-10(17-2)6-4-7-11(12)18-3/h4,6-7,14H,5,8-9H2,1-3H3,(H,15,16). The molecule has 18 heavy (non-hydrogen) atoms. The summed E-state index contributed by atoms with van der Waals surface area (Å²) in [5.41, 5.74) is 0.437. The third kappa shape index (κ3) is 3.63. The second-order valence-corrected chi connectivity index (χ2v) is 3.75. The van der Waals surface area contributed by atoms with Crippen LogP contribution in [0.1, 0.15) is 16.8 Å². The van der Waals surface area contributed by atoms with Gasteiger partial charge in [-0.2, -0.15) is 0 Å². The van der Waals surface area contributed by atoms with Gasteiger partial charge in [0.05, 0.1) is 14.2 Å². The van der Waals surface area contributed by atoms with E-state index in [2.05, 4.69) is 10.6 Å². The maximum Gasteiger partial charge on any atom is 0.258 e. The van der Waals surface area contributed by atoms with E-state index >= 15 is 0 Å². The summed E-state index contributed by atoms with van der Waals surface area (Å²) in [6, 6.07) is 5.27. The average molecular weight is 252 g/mol. The van der Waals surface area contributed by atoms with Gasteiger partial charge in [-0.15, -0.1) is 0 Å². The van der Waals surface area contributed by atoms with E-state index in [0.717, 1.165) is 13.0 Å². The number of carbonyl (C=O) groups is 1. The molecule has 5 heteroatoms. The second-order valence-electron chi connectivity index (χ2n) is 3.75. The zero-order valence-electron chi connectivity index (χ0n) is 11.1. The lowest BCUT2D eigenvalue weighted by Crippen LogP contribution is -2.27. The van der Waals surface area contributed by atoms with Crippen molar-refractivity contribution in [3.05, 3.63) is 23.8 Å². The van der Waals surface area contributed by atoms with Gasteiger partial charge in [0.2, 0.25) is 0 Å². The molecule has 0 aliphatic carbocycles. The van der Waals surface area contributed by atoms with Gasteiger partial charge < -0.3 is 20.1 Å². The van der Waals surface area contributed by atoms with E-state index in [1.54, 1.807) is 18.2 Å². The molecular formula is C13H20N2O3. The zero-order chi connectivity index (χ0) is 13.4. The molecule has 100 valence electrons. The molecule has 0 aromatic heterocycles. The van der Waals surface area contributed by atoms with E-state index in [1.165, 1.54) is 14.2 Å². The fourth-order valence-electron chi connectivity index (χ4n) is 1.63. The molecule has 0 spiro atoms. The molecule has 2 N–H and O–H groups in total. The predicted molar refractivity (Wildman–Crippen MR) is 70.4 cm³/mol. The van der Waals surface area contributed by atoms with Crippen LogP contribution < -0.4 is 20.1 Å². The third-order valence-electron chi connectivity index (χ3n) is 2.54. The van der Waals surface area contributed by atoms with Crippen LogP contribution in [-0.2, 0) is 0 Å². The molecule has 0 aliphatic rings. The molecule has 0 fully saturated rings. The molecule has 1 rings (SSSR count). The Morgan fingerprint density at radius 3 is 2.28 bits per heavy atom. The van der Waals surface area contributed by atoms with Crippen LogP contribution >= 0.6 is 0 Å². The monoisotopic (exact) mass is 252 g/mol. The minimum absolute atomic E-state index is 0.180. The topological polar surface area (TPSA) is 59.6 Å². The minimum Gasteiger partial charge on any atom is -0.496 e. The fourth-order valence-corrected chi connectivity index (χ4v) is 1.63. The van der Waals surface area contributed by atoms with Crippen molar-refractivity contribution in [1.82, 2.24) is 10.6 Å². The number of ether oxygens (including phenoxy) is 2. The van der Waals surface area contributed by atoms with Gasteiger partial charge in [0.1, 0.15) is 17.1 Å². The molecule has 0 radical (unpaired) electrons. The quantitative estimate of drug-likeness (QED) is 0.712. The van der Waals surface area contributed by atoms with Crippen LogP contribution in [0.5, 0.6) is 11.5 Å². The highest BCUT2D eigenvalue weighted by atomic mass is 16.5. The average Bonchev–Trinajstić information content (AvgIpc) is 2.42. The molecule has 0 bridgehead atoms. The van der Waals surface area contributed by atoms with Gasteiger partial charge in [-0.1, -0.05) is 6.07 Å². The van der Waals surface area contributed by atoms with Crippen molar-refractivity contribution in [2.75, 3.05) is 34.4 Å². The Morgan fingerprint density at radius 1 is 1.17 bits per heavy atom. The highest BCUT2D eigenvalue weighted by Gasteiger charge is 2.17. The van der Waals surface area contributed by atoms with Crippen molar-refractivity contribution in [3.63, 3.8) is 0 Å². The molecule has 0 unspecified atom stereocenters. The van der Waals surface area contributed by atoms with Crippen molar-refractivity contribution in [1.29, 1.82) is 0 Å². The highest BCUT2D eigenvalue weighted by Crippen LogP contribution is 2.27. The van der Waals surface area contributed by atoms with E-state index in [-0.39, 0.29) is 5.91 Å². The Kier molecular flexibility index (Phi) is 6.00. The number of benzene rings is 1. The van der Waals surface area contributed by atoms with E-state index in [9.17, 15) is 4.79 Å². The first-order valence-electron chi connectivity index (χ1n) is 5.88. The van der Waals surface area contributed by atoms with E-state index in [0.29, 0.717) is 23.6 Å². The van der Waals surface area contributed by atoms with Gasteiger partial charge >= 0.3 is 0 Å². The molecule has 0 saturated heterocycles. The third-order valence-corrected chi connectivity index (χ3v) is 2.54. The lowest BCUT2D eigenvalue weighted by Gasteiger charge is -2.12. The number of rotatable bonds is 7. The predicted octanol–water partition coefficient (Wildman–Crippen LogP) is 1.04. The first-order chi connectivity index (χ1) is 8.74. The van der Waals surface area contributed by atoms with Crippen molar-refractivity contribution < 1.29 is 14.3 Å². The Balaban J connectivity index is 2.76. The largest absolute Gasteiger partial charge is 0.496 e. The van der Waals surface area contributed by atoms with Gasteiger partial charge in [0, 0.05) is 6.54 Å². The highest BCUT2D eigenvalue weighted by molar-refractivity contribution is 5.99. The summed E-state index contributed by atoms with van der Waals surface area (Å²) in [6.07, 6.45) is 0.875. The maximum absolute atomic E-state index is 12.1. The van der Waals surface area contributed by atoms with E-state index in [4.69, 9.17) is 9.47 Å². The van der Waals surface area contributed by atoms with Gasteiger partial charge in [-0.3, -0.25) is 4.79 Å². The molecule has 0 heterocycles. The van der Waals surface area contributed by atoms with Gasteiger partial charge in [0.25, 0.3) is 5.91 Å². The first-order valence-corrected chi connectivity index (χ1v) is 5.88. The number of nitrogens with one attached hydrogen (secondary N) is 2. The first kappa shape index (κ1) is 14.3. The Bertz CT molecular complexity index is 372. The number of hydrogen-bond donors (Lipinski definition) is 2. The summed E-state index contributed by atoms with van der Waals surface area (Å²) >= 11 is 0. The van der Waals surface area contributed by atoms with Crippen LogP contribution in [0.4, 0.5) is 0 Å².